The van der Waals surface area contributed by atoms with E-state index in [0.717, 1.165) is 16.9 Å². The number of thiophene rings is 1. The van der Waals surface area contributed by atoms with Crippen LogP contribution in [0.2, 0.25) is 0 Å². The second-order valence-corrected chi connectivity index (χ2v) is 16.4. The Morgan fingerprint density at radius 2 is 0.707 bits per heavy atom. The third-order valence-corrected chi connectivity index (χ3v) is 13.4. The van der Waals surface area contributed by atoms with Gasteiger partial charge in [-0.25, -0.2) is 0 Å². The standard InChI is InChI=1S/C54H33N3S/c1-7-21-46-38(14-1)39-15-2-8-22-47(39)55(46)36-30-35(31-37(33-36)56-48-23-9-3-16-40(48)41-17-4-10-24-49(41)56)34-28-29-43-42-18-5-11-25-50(42)57(52(43)32-34)51-26-13-20-45-44-19-6-12-27-53(44)58-54(45)51/h1-33H. The molecule has 0 spiro atoms. The van der Waals surface area contributed by atoms with Crippen LogP contribution < -0.4 is 0 Å². The fourth-order valence-corrected chi connectivity index (χ4v) is 10.9. The SMILES string of the molecule is c1ccc2c(c1)sc1c(-n3c4ccccc4c4ccc(-c5cc(-n6c7ccccc7c7ccccc76)cc(-n6c7ccccc7c7ccccc76)c5)cc43)cccc12. The van der Waals surface area contributed by atoms with E-state index < -0.39 is 0 Å². The molecule has 13 aromatic rings. The molecular formula is C54H33N3S. The molecule has 4 heterocycles. The lowest BCUT2D eigenvalue weighted by Crippen LogP contribution is -2.00. The Hall–Kier alpha value is -7.40. The minimum absolute atomic E-state index is 1.13. The molecule has 0 radical (unpaired) electrons. The maximum absolute atomic E-state index is 2.50. The van der Waals surface area contributed by atoms with Gasteiger partial charge in [-0.1, -0.05) is 133 Å². The molecule has 9 aromatic carbocycles. The van der Waals surface area contributed by atoms with Gasteiger partial charge in [0.2, 0.25) is 0 Å². The van der Waals surface area contributed by atoms with Crippen molar-refractivity contribution >= 4 is 96.9 Å². The van der Waals surface area contributed by atoms with E-state index in [4.69, 9.17) is 0 Å². The minimum Gasteiger partial charge on any atom is -0.309 e. The number of nitrogens with zero attached hydrogens (tertiary/aromatic N) is 3. The molecule has 0 aliphatic heterocycles. The number of fused-ring (bicyclic) bond motifs is 12. The van der Waals surface area contributed by atoms with E-state index >= 15 is 0 Å². The van der Waals surface area contributed by atoms with Crippen molar-refractivity contribution in [3.05, 3.63) is 200 Å². The number of hydrogen-bond acceptors (Lipinski definition) is 1. The van der Waals surface area contributed by atoms with E-state index in [1.54, 1.807) is 0 Å². The van der Waals surface area contributed by atoms with E-state index in [9.17, 15) is 0 Å². The fraction of sp³-hybridized carbons (Fsp3) is 0. The molecule has 0 aliphatic rings. The highest BCUT2D eigenvalue weighted by atomic mass is 32.1. The van der Waals surface area contributed by atoms with E-state index in [1.165, 1.54) is 96.8 Å². The van der Waals surface area contributed by atoms with Gasteiger partial charge in [0.05, 0.1) is 43.5 Å². The average molecular weight is 756 g/mol. The lowest BCUT2D eigenvalue weighted by Gasteiger charge is -2.16. The summed E-state index contributed by atoms with van der Waals surface area (Å²) in [6, 6.07) is 73.8. The Morgan fingerprint density at radius 1 is 0.276 bits per heavy atom. The summed E-state index contributed by atoms with van der Waals surface area (Å²) in [5.74, 6) is 0. The van der Waals surface area contributed by atoms with Gasteiger partial charge in [-0.15, -0.1) is 11.3 Å². The van der Waals surface area contributed by atoms with Crippen LogP contribution in [0, 0.1) is 0 Å². The molecule has 0 N–H and O–H groups in total. The van der Waals surface area contributed by atoms with Crippen molar-refractivity contribution in [1.82, 2.24) is 13.7 Å². The predicted octanol–water partition coefficient (Wildman–Crippen LogP) is 15.0. The molecular weight excluding hydrogens is 723 g/mol. The van der Waals surface area contributed by atoms with Gasteiger partial charge in [-0.2, -0.15) is 0 Å². The number of aromatic nitrogens is 3. The second kappa shape index (κ2) is 12.1. The summed E-state index contributed by atoms with van der Waals surface area (Å²) >= 11 is 1.88. The van der Waals surface area contributed by atoms with Gasteiger partial charge >= 0.3 is 0 Å². The van der Waals surface area contributed by atoms with Crippen LogP contribution in [0.3, 0.4) is 0 Å². The van der Waals surface area contributed by atoms with Crippen LogP contribution in [-0.4, -0.2) is 13.7 Å². The van der Waals surface area contributed by atoms with Crippen molar-refractivity contribution in [2.75, 3.05) is 0 Å². The lowest BCUT2D eigenvalue weighted by molar-refractivity contribution is 1.13. The average Bonchev–Trinajstić information content (AvgIpc) is 4.03. The third-order valence-electron chi connectivity index (χ3n) is 12.2. The molecule has 0 atom stereocenters. The van der Waals surface area contributed by atoms with Crippen molar-refractivity contribution in [3.8, 4) is 28.2 Å². The Balaban J connectivity index is 1.12. The van der Waals surface area contributed by atoms with Crippen LogP contribution >= 0.6 is 11.3 Å². The van der Waals surface area contributed by atoms with Crippen molar-refractivity contribution < 1.29 is 0 Å². The zero-order valence-electron chi connectivity index (χ0n) is 31.3. The Bertz CT molecular complexity index is 3580. The summed E-state index contributed by atoms with van der Waals surface area (Å²) in [6.45, 7) is 0. The van der Waals surface area contributed by atoms with Crippen molar-refractivity contribution in [1.29, 1.82) is 0 Å². The maximum atomic E-state index is 2.50. The Morgan fingerprint density at radius 3 is 1.24 bits per heavy atom. The molecule has 13 rings (SSSR count). The van der Waals surface area contributed by atoms with Crippen LogP contribution in [0.5, 0.6) is 0 Å². The smallest absolute Gasteiger partial charge is 0.0640 e. The van der Waals surface area contributed by atoms with Gasteiger partial charge in [0, 0.05) is 59.2 Å². The summed E-state index contributed by atoms with van der Waals surface area (Å²) < 4.78 is 10.0. The molecule has 58 heavy (non-hydrogen) atoms. The second-order valence-electron chi connectivity index (χ2n) is 15.3. The van der Waals surface area contributed by atoms with Gasteiger partial charge in [0.1, 0.15) is 0 Å². The first-order valence-electron chi connectivity index (χ1n) is 19.8. The number of para-hydroxylation sites is 5. The van der Waals surface area contributed by atoms with Gasteiger partial charge < -0.3 is 13.7 Å². The van der Waals surface area contributed by atoms with Crippen LogP contribution in [0.15, 0.2) is 200 Å². The number of benzene rings is 9. The third kappa shape index (κ3) is 4.43. The molecule has 4 heteroatoms. The van der Waals surface area contributed by atoms with Gasteiger partial charge in [-0.3, -0.25) is 0 Å². The molecule has 3 nitrogen and oxygen atoms in total. The number of hydrogen-bond donors (Lipinski definition) is 0. The highest BCUT2D eigenvalue weighted by Crippen LogP contribution is 2.43. The fourth-order valence-electron chi connectivity index (χ4n) is 9.74. The maximum Gasteiger partial charge on any atom is 0.0640 e. The molecule has 0 aliphatic carbocycles. The van der Waals surface area contributed by atoms with Gasteiger partial charge in [0.25, 0.3) is 0 Å². The molecule has 0 unspecified atom stereocenters. The molecule has 0 amide bonds. The van der Waals surface area contributed by atoms with E-state index in [2.05, 4.69) is 214 Å². The number of rotatable bonds is 4. The zero-order chi connectivity index (χ0) is 37.9. The van der Waals surface area contributed by atoms with Crippen LogP contribution in [0.1, 0.15) is 0 Å². The minimum atomic E-state index is 1.13. The molecule has 270 valence electrons. The van der Waals surface area contributed by atoms with E-state index in [-0.39, 0.29) is 0 Å². The van der Waals surface area contributed by atoms with Crippen LogP contribution in [0.25, 0.3) is 114 Å². The first kappa shape index (κ1) is 31.8. The monoisotopic (exact) mass is 755 g/mol. The van der Waals surface area contributed by atoms with Crippen LogP contribution in [-0.2, 0) is 0 Å². The topological polar surface area (TPSA) is 14.8 Å². The molecule has 4 aromatic heterocycles. The predicted molar refractivity (Wildman–Crippen MR) is 248 cm³/mol. The van der Waals surface area contributed by atoms with E-state index in [1.807, 2.05) is 11.3 Å². The Kier molecular flexibility index (Phi) is 6.60. The highest BCUT2D eigenvalue weighted by Gasteiger charge is 2.20. The highest BCUT2D eigenvalue weighted by molar-refractivity contribution is 7.26. The summed E-state index contributed by atoms with van der Waals surface area (Å²) in [5, 5.41) is 10.1. The Labute approximate surface area is 337 Å². The normalized spacial score (nSPS) is 12.1. The first-order valence-corrected chi connectivity index (χ1v) is 20.7. The molecule has 0 saturated carbocycles. The largest absolute Gasteiger partial charge is 0.309 e. The molecule has 0 saturated heterocycles. The van der Waals surface area contributed by atoms with E-state index in [0.29, 0.717) is 0 Å². The summed E-state index contributed by atoms with van der Waals surface area (Å²) in [5.41, 5.74) is 13.0. The summed E-state index contributed by atoms with van der Waals surface area (Å²) in [4.78, 5) is 0. The zero-order valence-corrected chi connectivity index (χ0v) is 32.1. The van der Waals surface area contributed by atoms with Crippen LogP contribution in [0.4, 0.5) is 0 Å². The molecule has 0 fully saturated rings. The quantitative estimate of drug-likeness (QED) is 0.170. The summed E-state index contributed by atoms with van der Waals surface area (Å²) in [6.07, 6.45) is 0. The summed E-state index contributed by atoms with van der Waals surface area (Å²) in [7, 11) is 0. The van der Waals surface area contributed by atoms with Crippen molar-refractivity contribution in [3.63, 3.8) is 0 Å². The van der Waals surface area contributed by atoms with Gasteiger partial charge in [0.15, 0.2) is 0 Å². The first-order chi connectivity index (χ1) is 28.8. The van der Waals surface area contributed by atoms with Crippen molar-refractivity contribution in [2.24, 2.45) is 0 Å². The van der Waals surface area contributed by atoms with Gasteiger partial charge in [-0.05, 0) is 77.9 Å². The van der Waals surface area contributed by atoms with Crippen molar-refractivity contribution in [2.45, 2.75) is 0 Å². The molecule has 0 bridgehead atoms. The lowest BCUT2D eigenvalue weighted by atomic mass is 10.0.